The lowest BCUT2D eigenvalue weighted by Gasteiger charge is -2.09. The minimum Gasteiger partial charge on any atom is -0.439 e. The summed E-state index contributed by atoms with van der Waals surface area (Å²) in [5, 5.41) is 2.90. The lowest BCUT2D eigenvalue weighted by molar-refractivity contribution is 0.457. The molecule has 0 amide bonds. The number of aromatic nitrogens is 2. The van der Waals surface area contributed by atoms with E-state index in [1.54, 1.807) is 13.2 Å². The highest BCUT2D eigenvalue weighted by atomic mass is 16.5. The molecular formula is C14H17N3O. The van der Waals surface area contributed by atoms with Crippen molar-refractivity contribution in [3.63, 3.8) is 0 Å². The Morgan fingerprint density at radius 2 is 2.17 bits per heavy atom. The summed E-state index contributed by atoms with van der Waals surface area (Å²) in [4.78, 5) is 8.43. The van der Waals surface area contributed by atoms with Gasteiger partial charge in [-0.2, -0.15) is 4.98 Å². The molecule has 0 aliphatic rings. The van der Waals surface area contributed by atoms with E-state index in [1.807, 2.05) is 25.1 Å². The average Bonchev–Trinajstić information content (AvgIpc) is 2.41. The van der Waals surface area contributed by atoms with Crippen LogP contribution in [0.3, 0.4) is 0 Å². The van der Waals surface area contributed by atoms with Gasteiger partial charge in [-0.15, -0.1) is 0 Å². The largest absolute Gasteiger partial charge is 0.439 e. The highest BCUT2D eigenvalue weighted by molar-refractivity contribution is 5.37. The van der Waals surface area contributed by atoms with E-state index in [2.05, 4.69) is 28.3 Å². The maximum absolute atomic E-state index is 5.80. The Bertz CT molecular complexity index is 540. The molecule has 0 unspecified atom stereocenters. The fraction of sp³-hybridized carbons (Fsp3) is 0.286. The van der Waals surface area contributed by atoms with Crippen LogP contribution in [0.15, 0.2) is 30.5 Å². The number of ether oxygens (including phenoxy) is 1. The van der Waals surface area contributed by atoms with E-state index in [9.17, 15) is 0 Å². The SMILES string of the molecule is CCc1cccc(Oc2nc(NC)ncc2C)c1. The highest BCUT2D eigenvalue weighted by Crippen LogP contribution is 2.24. The molecule has 1 aromatic carbocycles. The minimum atomic E-state index is 0.558. The molecule has 0 aliphatic carbocycles. The molecule has 0 fully saturated rings. The first-order valence-corrected chi connectivity index (χ1v) is 6.01. The molecule has 4 heteroatoms. The molecule has 1 N–H and O–H groups in total. The van der Waals surface area contributed by atoms with Crippen LogP contribution in [0, 0.1) is 6.92 Å². The van der Waals surface area contributed by atoms with Gasteiger partial charge in [0.05, 0.1) is 0 Å². The maximum atomic E-state index is 5.80. The Morgan fingerprint density at radius 3 is 2.89 bits per heavy atom. The number of rotatable bonds is 4. The van der Waals surface area contributed by atoms with Crippen LogP contribution in [-0.4, -0.2) is 17.0 Å². The van der Waals surface area contributed by atoms with Crippen molar-refractivity contribution in [2.45, 2.75) is 20.3 Å². The molecule has 1 aromatic heterocycles. The Morgan fingerprint density at radius 1 is 1.33 bits per heavy atom. The van der Waals surface area contributed by atoms with E-state index >= 15 is 0 Å². The van der Waals surface area contributed by atoms with Crippen LogP contribution >= 0.6 is 0 Å². The number of hydrogen-bond donors (Lipinski definition) is 1. The second kappa shape index (κ2) is 5.49. The molecule has 0 atom stereocenters. The predicted molar refractivity (Wildman–Crippen MR) is 72.2 cm³/mol. The second-order valence-electron chi connectivity index (χ2n) is 4.03. The van der Waals surface area contributed by atoms with Gasteiger partial charge in [-0.05, 0) is 31.0 Å². The fourth-order valence-corrected chi connectivity index (χ4v) is 1.59. The number of hydrogen-bond acceptors (Lipinski definition) is 4. The van der Waals surface area contributed by atoms with Gasteiger partial charge in [0.1, 0.15) is 5.75 Å². The summed E-state index contributed by atoms with van der Waals surface area (Å²) in [7, 11) is 1.78. The molecule has 94 valence electrons. The van der Waals surface area contributed by atoms with Crippen molar-refractivity contribution in [3.05, 3.63) is 41.6 Å². The van der Waals surface area contributed by atoms with Gasteiger partial charge in [0.15, 0.2) is 0 Å². The van der Waals surface area contributed by atoms with Crippen molar-refractivity contribution in [1.29, 1.82) is 0 Å². The highest BCUT2D eigenvalue weighted by Gasteiger charge is 2.05. The number of aryl methyl sites for hydroxylation is 2. The molecule has 4 nitrogen and oxygen atoms in total. The van der Waals surface area contributed by atoms with E-state index in [0.29, 0.717) is 11.8 Å². The number of benzene rings is 1. The zero-order chi connectivity index (χ0) is 13.0. The van der Waals surface area contributed by atoms with E-state index in [1.165, 1.54) is 5.56 Å². The van der Waals surface area contributed by atoms with Gasteiger partial charge in [0.2, 0.25) is 11.8 Å². The van der Waals surface area contributed by atoms with Crippen LogP contribution in [0.2, 0.25) is 0 Å². The van der Waals surface area contributed by atoms with E-state index < -0.39 is 0 Å². The molecule has 0 spiro atoms. The van der Waals surface area contributed by atoms with Crippen molar-refractivity contribution in [2.75, 3.05) is 12.4 Å². The van der Waals surface area contributed by atoms with Crippen molar-refractivity contribution in [1.82, 2.24) is 9.97 Å². The van der Waals surface area contributed by atoms with E-state index in [4.69, 9.17) is 4.74 Å². The second-order valence-corrected chi connectivity index (χ2v) is 4.03. The standard InChI is InChI=1S/C14H17N3O/c1-4-11-6-5-7-12(8-11)18-13-10(2)9-16-14(15-3)17-13/h5-9H,4H2,1-3H3,(H,15,16,17). The summed E-state index contributed by atoms with van der Waals surface area (Å²) < 4.78 is 5.80. The van der Waals surface area contributed by atoms with Crippen LogP contribution in [0.25, 0.3) is 0 Å². The molecule has 2 rings (SSSR count). The zero-order valence-electron chi connectivity index (χ0n) is 10.9. The summed E-state index contributed by atoms with van der Waals surface area (Å²) in [6.45, 7) is 4.05. The molecular weight excluding hydrogens is 226 g/mol. The van der Waals surface area contributed by atoms with Crippen molar-refractivity contribution in [3.8, 4) is 11.6 Å². The molecule has 2 aromatic rings. The van der Waals surface area contributed by atoms with Crippen molar-refractivity contribution in [2.24, 2.45) is 0 Å². The lowest BCUT2D eigenvalue weighted by atomic mass is 10.2. The third-order valence-electron chi connectivity index (χ3n) is 2.67. The van der Waals surface area contributed by atoms with Gasteiger partial charge in [-0.25, -0.2) is 4.98 Å². The van der Waals surface area contributed by atoms with Gasteiger partial charge in [0.25, 0.3) is 0 Å². The Balaban J connectivity index is 2.27. The Kier molecular flexibility index (Phi) is 3.77. The summed E-state index contributed by atoms with van der Waals surface area (Å²) in [5.74, 6) is 1.95. The van der Waals surface area contributed by atoms with Crippen LogP contribution in [-0.2, 0) is 6.42 Å². The monoisotopic (exact) mass is 243 g/mol. The zero-order valence-corrected chi connectivity index (χ0v) is 10.9. The molecule has 1 heterocycles. The van der Waals surface area contributed by atoms with Gasteiger partial charge in [0, 0.05) is 18.8 Å². The minimum absolute atomic E-state index is 0.558. The molecule has 0 aliphatic heterocycles. The Labute approximate surface area is 107 Å². The number of nitrogens with zero attached hydrogens (tertiary/aromatic N) is 2. The summed E-state index contributed by atoms with van der Waals surface area (Å²) >= 11 is 0. The van der Waals surface area contributed by atoms with Crippen LogP contribution in [0.5, 0.6) is 11.6 Å². The summed E-state index contributed by atoms with van der Waals surface area (Å²) in [6.07, 6.45) is 2.74. The quantitative estimate of drug-likeness (QED) is 0.895. The van der Waals surface area contributed by atoms with E-state index in [-0.39, 0.29) is 0 Å². The topological polar surface area (TPSA) is 47.0 Å². The van der Waals surface area contributed by atoms with E-state index in [0.717, 1.165) is 17.7 Å². The van der Waals surface area contributed by atoms with Gasteiger partial charge in [-0.3, -0.25) is 0 Å². The molecule has 0 saturated heterocycles. The van der Waals surface area contributed by atoms with Crippen molar-refractivity contribution >= 4 is 5.95 Å². The normalized spacial score (nSPS) is 10.2. The summed E-state index contributed by atoms with van der Waals surface area (Å²) in [6, 6.07) is 8.03. The predicted octanol–water partition coefficient (Wildman–Crippen LogP) is 3.18. The molecule has 18 heavy (non-hydrogen) atoms. The first-order valence-electron chi connectivity index (χ1n) is 6.01. The number of anilines is 1. The first-order chi connectivity index (χ1) is 8.72. The maximum Gasteiger partial charge on any atom is 0.226 e. The van der Waals surface area contributed by atoms with Crippen molar-refractivity contribution < 1.29 is 4.74 Å². The fourth-order valence-electron chi connectivity index (χ4n) is 1.59. The summed E-state index contributed by atoms with van der Waals surface area (Å²) in [5.41, 5.74) is 2.16. The van der Waals surface area contributed by atoms with Crippen LogP contribution in [0.1, 0.15) is 18.1 Å². The lowest BCUT2D eigenvalue weighted by Crippen LogP contribution is -1.99. The van der Waals surface area contributed by atoms with Gasteiger partial charge in [-0.1, -0.05) is 19.1 Å². The molecule has 0 bridgehead atoms. The van der Waals surface area contributed by atoms with Gasteiger partial charge < -0.3 is 10.1 Å². The Hall–Kier alpha value is -2.10. The molecule has 0 saturated carbocycles. The third kappa shape index (κ3) is 2.77. The smallest absolute Gasteiger partial charge is 0.226 e. The first kappa shape index (κ1) is 12.4. The van der Waals surface area contributed by atoms with Gasteiger partial charge >= 0.3 is 0 Å². The average molecular weight is 243 g/mol. The number of nitrogens with one attached hydrogen (secondary N) is 1. The van der Waals surface area contributed by atoms with Crippen LogP contribution in [0.4, 0.5) is 5.95 Å². The third-order valence-corrected chi connectivity index (χ3v) is 2.67. The van der Waals surface area contributed by atoms with Crippen LogP contribution < -0.4 is 10.1 Å². The molecule has 0 radical (unpaired) electrons.